The minimum atomic E-state index is -2.85. The smallest absolute Gasteiger partial charge is 0.158 e. The minimum absolute atomic E-state index is 0.235. The van der Waals surface area contributed by atoms with Crippen molar-refractivity contribution < 1.29 is 8.42 Å². The van der Waals surface area contributed by atoms with Crippen LogP contribution in [-0.2, 0) is 26.8 Å². The summed E-state index contributed by atoms with van der Waals surface area (Å²) >= 11 is 0. The van der Waals surface area contributed by atoms with Gasteiger partial charge in [0.05, 0.1) is 11.5 Å². The Labute approximate surface area is 90.2 Å². The van der Waals surface area contributed by atoms with Crippen LogP contribution in [0.15, 0.2) is 18.2 Å². The Balaban J connectivity index is 2.06. The van der Waals surface area contributed by atoms with Crippen LogP contribution in [0.1, 0.15) is 36.5 Å². The van der Waals surface area contributed by atoms with Crippen molar-refractivity contribution in [2.75, 3.05) is 0 Å². The van der Waals surface area contributed by atoms with Gasteiger partial charge in [-0.3, -0.25) is 0 Å². The number of sulfone groups is 1. The van der Waals surface area contributed by atoms with Crippen molar-refractivity contribution in [3.63, 3.8) is 0 Å². The molecule has 0 bridgehead atoms. The lowest BCUT2D eigenvalue weighted by Crippen LogP contribution is -2.00. The lowest BCUT2D eigenvalue weighted by Gasteiger charge is -2.09. The SMILES string of the molecule is CC1(c2ccc3c(c2)CS(=O)(=O)C3)CC1. The number of rotatable bonds is 1. The summed E-state index contributed by atoms with van der Waals surface area (Å²) < 4.78 is 22.9. The highest BCUT2D eigenvalue weighted by molar-refractivity contribution is 7.90. The van der Waals surface area contributed by atoms with E-state index >= 15 is 0 Å². The van der Waals surface area contributed by atoms with Gasteiger partial charge in [0.2, 0.25) is 0 Å². The summed E-state index contributed by atoms with van der Waals surface area (Å²) in [5.74, 6) is 0.478. The molecule has 0 spiro atoms. The first kappa shape index (κ1) is 9.40. The lowest BCUT2D eigenvalue weighted by molar-refractivity contribution is 0.598. The molecule has 1 saturated carbocycles. The molecule has 15 heavy (non-hydrogen) atoms. The van der Waals surface area contributed by atoms with Crippen molar-refractivity contribution in [3.05, 3.63) is 34.9 Å². The van der Waals surface area contributed by atoms with Gasteiger partial charge in [0.25, 0.3) is 0 Å². The molecule has 0 atom stereocenters. The zero-order chi connectivity index (χ0) is 10.7. The maximum atomic E-state index is 11.5. The molecule has 1 heterocycles. The van der Waals surface area contributed by atoms with Gasteiger partial charge in [-0.25, -0.2) is 8.42 Å². The van der Waals surface area contributed by atoms with Crippen LogP contribution >= 0.6 is 0 Å². The molecule has 0 aromatic heterocycles. The van der Waals surface area contributed by atoms with Crippen molar-refractivity contribution in [2.45, 2.75) is 36.7 Å². The summed E-state index contributed by atoms with van der Waals surface area (Å²) in [6.45, 7) is 2.25. The monoisotopic (exact) mass is 222 g/mol. The molecule has 1 fully saturated rings. The molecular formula is C12H14O2S. The van der Waals surface area contributed by atoms with Gasteiger partial charge in [0, 0.05) is 0 Å². The van der Waals surface area contributed by atoms with Gasteiger partial charge in [0.1, 0.15) is 0 Å². The highest BCUT2D eigenvalue weighted by atomic mass is 32.2. The molecule has 1 aliphatic carbocycles. The second-order valence-corrected chi connectivity index (χ2v) is 7.14. The van der Waals surface area contributed by atoms with E-state index in [0.29, 0.717) is 5.41 Å². The standard InChI is InChI=1S/C12H14O2S/c1-12(4-5-12)11-3-2-9-7-15(13,14)8-10(9)6-11/h2-3,6H,4-5,7-8H2,1H3. The van der Waals surface area contributed by atoms with Gasteiger partial charge in [-0.2, -0.15) is 0 Å². The van der Waals surface area contributed by atoms with E-state index in [9.17, 15) is 8.42 Å². The van der Waals surface area contributed by atoms with Crippen LogP contribution < -0.4 is 0 Å². The average molecular weight is 222 g/mol. The van der Waals surface area contributed by atoms with Gasteiger partial charge in [0.15, 0.2) is 9.84 Å². The topological polar surface area (TPSA) is 34.1 Å². The Hall–Kier alpha value is -0.830. The minimum Gasteiger partial charge on any atom is -0.228 e. The van der Waals surface area contributed by atoms with E-state index < -0.39 is 9.84 Å². The normalized spacial score (nSPS) is 24.9. The highest BCUT2D eigenvalue weighted by Crippen LogP contribution is 2.48. The third-order valence-corrected chi connectivity index (χ3v) is 5.16. The van der Waals surface area contributed by atoms with Gasteiger partial charge in [-0.05, 0) is 34.9 Å². The first-order chi connectivity index (χ1) is 6.99. The fourth-order valence-corrected chi connectivity index (χ4v) is 3.88. The van der Waals surface area contributed by atoms with Crippen molar-refractivity contribution in [3.8, 4) is 0 Å². The molecule has 1 aliphatic heterocycles. The Kier molecular flexibility index (Phi) is 1.66. The maximum Gasteiger partial charge on any atom is 0.158 e. The van der Waals surface area contributed by atoms with Crippen LogP contribution in [0.5, 0.6) is 0 Å². The summed E-state index contributed by atoms with van der Waals surface area (Å²) in [5, 5.41) is 0. The Morgan fingerprint density at radius 3 is 2.47 bits per heavy atom. The number of hydrogen-bond acceptors (Lipinski definition) is 2. The van der Waals surface area contributed by atoms with E-state index in [1.807, 2.05) is 6.07 Å². The Bertz CT molecular complexity index is 525. The summed E-state index contributed by atoms with van der Waals surface area (Å²) in [4.78, 5) is 0. The van der Waals surface area contributed by atoms with Crippen molar-refractivity contribution in [1.82, 2.24) is 0 Å². The Morgan fingerprint density at radius 1 is 1.13 bits per heavy atom. The van der Waals surface area contributed by atoms with Gasteiger partial charge >= 0.3 is 0 Å². The molecule has 2 nitrogen and oxygen atoms in total. The van der Waals surface area contributed by atoms with Crippen LogP contribution in [0.4, 0.5) is 0 Å². The molecule has 1 aromatic carbocycles. The number of fused-ring (bicyclic) bond motifs is 1. The predicted molar refractivity (Wildman–Crippen MR) is 59.4 cm³/mol. The summed E-state index contributed by atoms with van der Waals surface area (Å²) in [5.41, 5.74) is 3.68. The Morgan fingerprint density at radius 2 is 1.80 bits per heavy atom. The fourth-order valence-electron chi connectivity index (χ4n) is 2.28. The zero-order valence-corrected chi connectivity index (χ0v) is 9.60. The third-order valence-electron chi connectivity index (χ3n) is 3.65. The molecule has 80 valence electrons. The molecule has 1 aromatic rings. The van der Waals surface area contributed by atoms with Crippen LogP contribution in [0.25, 0.3) is 0 Å². The lowest BCUT2D eigenvalue weighted by atomic mass is 9.95. The summed E-state index contributed by atoms with van der Waals surface area (Å²) in [6.07, 6.45) is 2.47. The molecule has 0 amide bonds. The van der Waals surface area contributed by atoms with Gasteiger partial charge in [-0.1, -0.05) is 25.1 Å². The molecular weight excluding hydrogens is 208 g/mol. The first-order valence-electron chi connectivity index (χ1n) is 5.31. The van der Waals surface area contributed by atoms with E-state index in [-0.39, 0.29) is 11.5 Å². The molecule has 0 saturated heterocycles. The van der Waals surface area contributed by atoms with Gasteiger partial charge in [-0.15, -0.1) is 0 Å². The predicted octanol–water partition coefficient (Wildman–Crippen LogP) is 2.17. The second-order valence-electron chi connectivity index (χ2n) is 5.08. The third kappa shape index (κ3) is 1.49. The summed E-state index contributed by atoms with van der Waals surface area (Å²) in [6, 6.07) is 6.21. The summed E-state index contributed by atoms with van der Waals surface area (Å²) in [7, 11) is -2.85. The van der Waals surface area contributed by atoms with Crippen LogP contribution in [-0.4, -0.2) is 8.42 Å². The van der Waals surface area contributed by atoms with Crippen molar-refractivity contribution >= 4 is 9.84 Å². The fraction of sp³-hybridized carbons (Fsp3) is 0.500. The molecule has 0 N–H and O–H groups in total. The first-order valence-corrected chi connectivity index (χ1v) is 7.13. The second kappa shape index (κ2) is 2.64. The molecule has 0 unspecified atom stereocenters. The van der Waals surface area contributed by atoms with Gasteiger partial charge < -0.3 is 0 Å². The quantitative estimate of drug-likeness (QED) is 0.729. The van der Waals surface area contributed by atoms with E-state index in [0.717, 1.165) is 11.1 Å². The molecule has 2 aliphatic rings. The highest BCUT2D eigenvalue weighted by Gasteiger charge is 2.39. The molecule has 0 radical (unpaired) electrons. The van der Waals surface area contributed by atoms with Crippen molar-refractivity contribution in [2.24, 2.45) is 0 Å². The molecule has 3 rings (SSSR count). The number of benzene rings is 1. The largest absolute Gasteiger partial charge is 0.228 e. The van der Waals surface area contributed by atoms with Crippen LogP contribution in [0, 0.1) is 0 Å². The van der Waals surface area contributed by atoms with Crippen LogP contribution in [0.3, 0.4) is 0 Å². The van der Waals surface area contributed by atoms with E-state index in [2.05, 4.69) is 19.1 Å². The van der Waals surface area contributed by atoms with Crippen LogP contribution in [0.2, 0.25) is 0 Å². The van der Waals surface area contributed by atoms with Crippen molar-refractivity contribution in [1.29, 1.82) is 0 Å². The van der Waals surface area contributed by atoms with E-state index in [4.69, 9.17) is 0 Å². The van der Waals surface area contributed by atoms with E-state index in [1.165, 1.54) is 18.4 Å². The zero-order valence-electron chi connectivity index (χ0n) is 8.79. The number of hydrogen-bond donors (Lipinski definition) is 0. The molecule has 3 heteroatoms. The maximum absolute atomic E-state index is 11.5. The average Bonchev–Trinajstić information content (AvgIpc) is 2.78. The van der Waals surface area contributed by atoms with E-state index in [1.54, 1.807) is 0 Å².